The van der Waals surface area contributed by atoms with Gasteiger partial charge in [0.05, 0.1) is 24.3 Å². The molecule has 9 nitrogen and oxygen atoms in total. The number of nitrogens with two attached hydrogens (primary N) is 1. The average Bonchev–Trinajstić information content (AvgIpc) is 3.64. The lowest BCUT2D eigenvalue weighted by Gasteiger charge is -2.36. The summed E-state index contributed by atoms with van der Waals surface area (Å²) in [5.74, 6) is 1.34. The Morgan fingerprint density at radius 3 is 2.41 bits per heavy atom. The van der Waals surface area contributed by atoms with Crippen LogP contribution in [-0.2, 0) is 29.1 Å². The zero-order valence-electron chi connectivity index (χ0n) is 24.4. The number of benzene rings is 1. The summed E-state index contributed by atoms with van der Waals surface area (Å²) in [6.07, 6.45) is 12.8. The highest BCUT2D eigenvalue weighted by atomic mass is 16.2. The van der Waals surface area contributed by atoms with Gasteiger partial charge in [0.15, 0.2) is 0 Å². The van der Waals surface area contributed by atoms with Gasteiger partial charge in [-0.05, 0) is 61.5 Å². The van der Waals surface area contributed by atoms with E-state index in [1.165, 1.54) is 36.8 Å². The number of fused-ring (bicyclic) bond motifs is 1. The average molecular weight is 563 g/mol. The normalized spacial score (nSPS) is 22.8. The Morgan fingerprint density at radius 2 is 1.68 bits per heavy atom. The first kappa shape index (κ1) is 29.1. The van der Waals surface area contributed by atoms with Crippen molar-refractivity contribution in [3.8, 4) is 0 Å². The predicted molar refractivity (Wildman–Crippen MR) is 158 cm³/mol. The summed E-state index contributed by atoms with van der Waals surface area (Å²) in [5.41, 5.74) is 9.65. The van der Waals surface area contributed by atoms with E-state index in [1.807, 2.05) is 23.4 Å². The highest BCUT2D eigenvalue weighted by Crippen LogP contribution is 2.31. The minimum atomic E-state index is -0.545. The fourth-order valence-corrected chi connectivity index (χ4v) is 7.12. The summed E-state index contributed by atoms with van der Waals surface area (Å²) >= 11 is 0. The van der Waals surface area contributed by atoms with Gasteiger partial charge in [0.25, 0.3) is 0 Å². The summed E-state index contributed by atoms with van der Waals surface area (Å²) in [4.78, 5) is 45.0. The fourth-order valence-electron chi connectivity index (χ4n) is 7.12. The summed E-state index contributed by atoms with van der Waals surface area (Å²) in [6.45, 7) is 4.39. The number of aryl methyl sites for hydroxylation is 1. The van der Waals surface area contributed by atoms with Crippen LogP contribution >= 0.6 is 0 Å². The van der Waals surface area contributed by atoms with E-state index in [-0.39, 0.29) is 11.8 Å². The maximum absolute atomic E-state index is 13.7. The summed E-state index contributed by atoms with van der Waals surface area (Å²) in [7, 11) is 0. The van der Waals surface area contributed by atoms with Gasteiger partial charge in [-0.3, -0.25) is 9.59 Å². The standard InChI is InChI=1S/C32H46N6O3/c1-22-7-2-5-12-26(22)19-37-21-36-27-16-28(38(20-29(27)37)30(39)14-13-23-8-3-4-9-23)31(40)34-17-24-10-6-11-25(15-24)18-35-32(33)41/h2,5,7,12,21,23-25,28H,3-4,6,8-11,13-20H2,1H3,(H,34,40)(H3,33,35,41). The molecule has 1 aliphatic heterocycles. The number of hydrogen-bond donors (Lipinski definition) is 3. The Bertz CT molecular complexity index is 1220. The van der Waals surface area contributed by atoms with Crippen LogP contribution in [0.2, 0.25) is 0 Å². The monoisotopic (exact) mass is 562 g/mol. The van der Waals surface area contributed by atoms with E-state index >= 15 is 0 Å². The third kappa shape index (κ3) is 7.49. The molecule has 2 saturated carbocycles. The van der Waals surface area contributed by atoms with Crippen molar-refractivity contribution in [2.24, 2.45) is 23.5 Å². The minimum absolute atomic E-state index is 0.0709. The lowest BCUT2D eigenvalue weighted by molar-refractivity contribution is -0.142. The van der Waals surface area contributed by atoms with Crippen LogP contribution in [0.25, 0.3) is 0 Å². The van der Waals surface area contributed by atoms with E-state index in [4.69, 9.17) is 10.7 Å². The number of amides is 4. The number of nitrogens with zero attached hydrogens (tertiary/aromatic N) is 3. The molecule has 5 rings (SSSR count). The summed E-state index contributed by atoms with van der Waals surface area (Å²) in [5, 5.41) is 5.93. The molecule has 3 aliphatic rings. The SMILES string of the molecule is Cc1ccccc1Cn1cnc2c1CN(C(=O)CCC1CCCC1)C(C(=O)NCC1CCCC(CNC(N)=O)C1)C2. The molecule has 0 radical (unpaired) electrons. The number of nitrogens with one attached hydrogen (secondary N) is 2. The van der Waals surface area contributed by atoms with Crippen molar-refractivity contribution in [2.75, 3.05) is 13.1 Å². The van der Waals surface area contributed by atoms with Gasteiger partial charge in [-0.15, -0.1) is 0 Å². The summed E-state index contributed by atoms with van der Waals surface area (Å²) in [6, 6.07) is 7.30. The molecule has 1 aromatic carbocycles. The van der Waals surface area contributed by atoms with Gasteiger partial charge < -0.3 is 25.8 Å². The van der Waals surface area contributed by atoms with E-state index in [0.29, 0.717) is 56.8 Å². The third-order valence-corrected chi connectivity index (χ3v) is 9.60. The molecule has 2 heterocycles. The molecule has 4 amide bonds. The molecule has 4 N–H and O–H groups in total. The molecule has 1 aromatic heterocycles. The number of primary amides is 1. The van der Waals surface area contributed by atoms with Gasteiger partial charge in [-0.1, -0.05) is 56.4 Å². The van der Waals surface area contributed by atoms with Crippen LogP contribution in [0.4, 0.5) is 4.79 Å². The zero-order chi connectivity index (χ0) is 28.8. The first-order valence-electron chi connectivity index (χ1n) is 15.5. The van der Waals surface area contributed by atoms with Crippen LogP contribution in [0.15, 0.2) is 30.6 Å². The highest BCUT2D eigenvalue weighted by Gasteiger charge is 2.37. The number of imidazole rings is 1. The van der Waals surface area contributed by atoms with Crippen LogP contribution in [0.5, 0.6) is 0 Å². The first-order valence-corrected chi connectivity index (χ1v) is 15.5. The van der Waals surface area contributed by atoms with Crippen LogP contribution in [0.1, 0.15) is 86.7 Å². The molecule has 2 aliphatic carbocycles. The second-order valence-electron chi connectivity index (χ2n) is 12.5. The Balaban J connectivity index is 1.26. The van der Waals surface area contributed by atoms with E-state index in [9.17, 15) is 14.4 Å². The number of rotatable bonds is 10. The Labute approximate surface area is 243 Å². The van der Waals surface area contributed by atoms with Crippen LogP contribution in [0, 0.1) is 24.7 Å². The van der Waals surface area contributed by atoms with Crippen LogP contribution < -0.4 is 16.4 Å². The van der Waals surface area contributed by atoms with Gasteiger partial charge >= 0.3 is 6.03 Å². The van der Waals surface area contributed by atoms with Gasteiger partial charge in [0.2, 0.25) is 11.8 Å². The molecule has 0 spiro atoms. The fraction of sp³-hybridized carbons (Fsp3) is 0.625. The maximum Gasteiger partial charge on any atom is 0.312 e. The number of carbonyl (C=O) groups is 3. The lowest BCUT2D eigenvalue weighted by atomic mass is 9.81. The zero-order valence-corrected chi connectivity index (χ0v) is 24.4. The molecule has 0 saturated heterocycles. The number of hydrogen-bond acceptors (Lipinski definition) is 4. The van der Waals surface area contributed by atoms with Crippen molar-refractivity contribution in [2.45, 2.75) is 96.7 Å². The Morgan fingerprint density at radius 1 is 0.976 bits per heavy atom. The largest absolute Gasteiger partial charge is 0.354 e. The highest BCUT2D eigenvalue weighted by molar-refractivity contribution is 5.88. The lowest BCUT2D eigenvalue weighted by Crippen LogP contribution is -2.53. The summed E-state index contributed by atoms with van der Waals surface area (Å²) < 4.78 is 2.14. The Kier molecular flexibility index (Phi) is 9.62. The molecule has 3 atom stereocenters. The first-order chi connectivity index (χ1) is 19.9. The maximum atomic E-state index is 13.7. The smallest absolute Gasteiger partial charge is 0.312 e. The molecule has 0 bridgehead atoms. The van der Waals surface area contributed by atoms with Crippen molar-refractivity contribution in [1.82, 2.24) is 25.1 Å². The van der Waals surface area contributed by atoms with Crippen molar-refractivity contribution < 1.29 is 14.4 Å². The van der Waals surface area contributed by atoms with Gasteiger partial charge in [-0.2, -0.15) is 0 Å². The van der Waals surface area contributed by atoms with Crippen molar-refractivity contribution in [1.29, 1.82) is 0 Å². The van der Waals surface area contributed by atoms with Crippen molar-refractivity contribution in [3.05, 3.63) is 53.1 Å². The minimum Gasteiger partial charge on any atom is -0.354 e. The van der Waals surface area contributed by atoms with Crippen molar-refractivity contribution in [3.63, 3.8) is 0 Å². The number of aromatic nitrogens is 2. The van der Waals surface area contributed by atoms with Gasteiger partial charge in [0, 0.05) is 32.5 Å². The molecule has 2 fully saturated rings. The van der Waals surface area contributed by atoms with Gasteiger partial charge in [0.1, 0.15) is 6.04 Å². The van der Waals surface area contributed by atoms with Crippen LogP contribution in [-0.4, -0.2) is 51.4 Å². The van der Waals surface area contributed by atoms with Gasteiger partial charge in [-0.25, -0.2) is 9.78 Å². The third-order valence-electron chi connectivity index (χ3n) is 9.60. The van der Waals surface area contributed by atoms with E-state index in [1.54, 1.807) is 0 Å². The number of carbonyl (C=O) groups excluding carboxylic acids is 3. The van der Waals surface area contributed by atoms with E-state index < -0.39 is 12.1 Å². The van der Waals surface area contributed by atoms with E-state index in [0.717, 1.165) is 43.5 Å². The second kappa shape index (κ2) is 13.5. The molecule has 41 heavy (non-hydrogen) atoms. The molecule has 222 valence electrons. The predicted octanol–water partition coefficient (Wildman–Crippen LogP) is 4.05. The molecular weight excluding hydrogens is 516 g/mol. The second-order valence-corrected chi connectivity index (χ2v) is 12.5. The van der Waals surface area contributed by atoms with Crippen molar-refractivity contribution >= 4 is 17.8 Å². The number of urea groups is 1. The molecule has 3 unspecified atom stereocenters. The quantitative estimate of drug-likeness (QED) is 0.404. The Hall–Kier alpha value is -3.36. The molecule has 2 aromatic rings. The van der Waals surface area contributed by atoms with E-state index in [2.05, 4.69) is 34.3 Å². The van der Waals surface area contributed by atoms with Crippen LogP contribution in [0.3, 0.4) is 0 Å². The molecular formula is C32H46N6O3. The molecule has 9 heteroatoms. The topological polar surface area (TPSA) is 122 Å².